The Kier molecular flexibility index (Phi) is 5.35. The van der Waals surface area contributed by atoms with Crippen LogP contribution >= 0.6 is 0 Å². The lowest BCUT2D eigenvalue weighted by atomic mass is 10.0. The molecule has 2 amide bonds. The first-order valence-electron chi connectivity index (χ1n) is 8.80. The first kappa shape index (κ1) is 18.1. The van der Waals surface area contributed by atoms with E-state index in [9.17, 15) is 9.59 Å². The van der Waals surface area contributed by atoms with Crippen molar-refractivity contribution >= 4 is 12.0 Å². The van der Waals surface area contributed by atoms with Gasteiger partial charge >= 0.3 is 6.09 Å². The second kappa shape index (κ2) is 7.68. The molecule has 0 aliphatic carbocycles. The molecular weight excluding hydrogens is 334 g/mol. The summed E-state index contributed by atoms with van der Waals surface area (Å²) in [7, 11) is 1.34. The van der Waals surface area contributed by atoms with Gasteiger partial charge in [0, 0.05) is 37.1 Å². The standard InChI is InChI=1S/C19H25N3O4/c1-14(2)11-21(19(24)25-3)12-17(23)22-9-8-20-7-4-5-16(20)18(22)15-6-10-26-13-15/h4-7,10,13-14,18H,8-9,11-12H2,1-3H3/t18-/m0/s1. The second-order valence-corrected chi connectivity index (χ2v) is 6.92. The number of aromatic nitrogens is 1. The van der Waals surface area contributed by atoms with Crippen LogP contribution in [0.5, 0.6) is 0 Å². The minimum absolute atomic E-state index is 0.0000860. The zero-order valence-electron chi connectivity index (χ0n) is 15.4. The third-order valence-corrected chi connectivity index (χ3v) is 4.56. The summed E-state index contributed by atoms with van der Waals surface area (Å²) in [4.78, 5) is 28.4. The maximum atomic E-state index is 13.1. The number of ether oxygens (including phenoxy) is 1. The number of methoxy groups -OCH3 is 1. The van der Waals surface area contributed by atoms with E-state index in [-0.39, 0.29) is 24.4 Å². The van der Waals surface area contributed by atoms with Crippen LogP contribution < -0.4 is 0 Å². The summed E-state index contributed by atoms with van der Waals surface area (Å²) < 4.78 is 12.2. The predicted molar refractivity (Wildman–Crippen MR) is 95.5 cm³/mol. The molecule has 7 heteroatoms. The third-order valence-electron chi connectivity index (χ3n) is 4.56. The molecule has 1 atom stereocenters. The number of carbonyl (C=O) groups is 2. The highest BCUT2D eigenvalue weighted by Crippen LogP contribution is 2.32. The van der Waals surface area contributed by atoms with Gasteiger partial charge in [-0.1, -0.05) is 13.8 Å². The highest BCUT2D eigenvalue weighted by molar-refractivity contribution is 5.83. The Labute approximate surface area is 153 Å². The summed E-state index contributed by atoms with van der Waals surface area (Å²) >= 11 is 0. The van der Waals surface area contributed by atoms with Crippen LogP contribution in [0.2, 0.25) is 0 Å². The molecule has 0 spiro atoms. The zero-order chi connectivity index (χ0) is 18.7. The number of hydrogen-bond donors (Lipinski definition) is 0. The van der Waals surface area contributed by atoms with E-state index in [2.05, 4.69) is 4.57 Å². The summed E-state index contributed by atoms with van der Waals surface area (Å²) in [6.07, 6.45) is 4.82. The van der Waals surface area contributed by atoms with Crippen molar-refractivity contribution in [3.05, 3.63) is 48.2 Å². The molecule has 1 aliphatic heterocycles. The van der Waals surface area contributed by atoms with Crippen molar-refractivity contribution in [3.8, 4) is 0 Å². The molecule has 1 aliphatic rings. The Hall–Kier alpha value is -2.70. The lowest BCUT2D eigenvalue weighted by molar-refractivity contribution is -0.134. The summed E-state index contributed by atoms with van der Waals surface area (Å²) in [6.45, 7) is 5.78. The van der Waals surface area contributed by atoms with Gasteiger partial charge in [-0.05, 0) is 24.1 Å². The largest absolute Gasteiger partial charge is 0.472 e. The summed E-state index contributed by atoms with van der Waals surface area (Å²) in [5, 5.41) is 0. The van der Waals surface area contributed by atoms with Gasteiger partial charge < -0.3 is 18.6 Å². The van der Waals surface area contributed by atoms with Crippen molar-refractivity contribution in [1.29, 1.82) is 0 Å². The topological polar surface area (TPSA) is 67.9 Å². The Morgan fingerprint density at radius 3 is 2.81 bits per heavy atom. The Morgan fingerprint density at radius 2 is 2.15 bits per heavy atom. The van der Waals surface area contributed by atoms with E-state index in [4.69, 9.17) is 9.15 Å². The molecule has 0 fully saturated rings. The van der Waals surface area contributed by atoms with Gasteiger partial charge in [0.1, 0.15) is 12.6 Å². The lowest BCUT2D eigenvalue weighted by Gasteiger charge is -2.37. The van der Waals surface area contributed by atoms with Crippen LogP contribution in [0, 0.1) is 5.92 Å². The number of amides is 2. The van der Waals surface area contributed by atoms with Gasteiger partial charge in [-0.3, -0.25) is 9.69 Å². The van der Waals surface area contributed by atoms with Crippen molar-refractivity contribution < 1.29 is 18.7 Å². The summed E-state index contributed by atoms with van der Waals surface area (Å²) in [5.41, 5.74) is 1.96. The molecule has 2 aromatic heterocycles. The Balaban J connectivity index is 1.84. The van der Waals surface area contributed by atoms with Crippen LogP contribution in [0.15, 0.2) is 41.3 Å². The first-order valence-corrected chi connectivity index (χ1v) is 8.80. The molecule has 0 saturated carbocycles. The Morgan fingerprint density at radius 1 is 1.35 bits per heavy atom. The fourth-order valence-electron chi connectivity index (χ4n) is 3.46. The molecule has 26 heavy (non-hydrogen) atoms. The number of fused-ring (bicyclic) bond motifs is 1. The zero-order valence-corrected chi connectivity index (χ0v) is 15.4. The van der Waals surface area contributed by atoms with Gasteiger partial charge in [-0.25, -0.2) is 4.79 Å². The highest BCUT2D eigenvalue weighted by atomic mass is 16.5. The average molecular weight is 359 g/mol. The average Bonchev–Trinajstić information content (AvgIpc) is 3.30. The van der Waals surface area contributed by atoms with E-state index in [0.717, 1.165) is 17.8 Å². The van der Waals surface area contributed by atoms with Gasteiger partial charge in [-0.2, -0.15) is 0 Å². The molecular formula is C19H25N3O4. The summed E-state index contributed by atoms with van der Waals surface area (Å²) in [5.74, 6) is 0.139. The number of hydrogen-bond acceptors (Lipinski definition) is 4. The molecule has 0 bridgehead atoms. The smallest absolute Gasteiger partial charge is 0.409 e. The van der Waals surface area contributed by atoms with Crippen molar-refractivity contribution in [1.82, 2.24) is 14.4 Å². The predicted octanol–water partition coefficient (Wildman–Crippen LogP) is 2.74. The van der Waals surface area contributed by atoms with E-state index in [0.29, 0.717) is 13.1 Å². The number of nitrogens with zero attached hydrogens (tertiary/aromatic N) is 3. The van der Waals surface area contributed by atoms with Gasteiger partial charge in [0.25, 0.3) is 0 Å². The van der Waals surface area contributed by atoms with E-state index < -0.39 is 6.09 Å². The molecule has 2 aromatic rings. The van der Waals surface area contributed by atoms with Gasteiger partial charge in [0.15, 0.2) is 0 Å². The molecule has 0 aromatic carbocycles. The van der Waals surface area contributed by atoms with Gasteiger partial charge in [0.2, 0.25) is 5.91 Å². The molecule has 0 saturated heterocycles. The molecule has 0 N–H and O–H groups in total. The van der Waals surface area contributed by atoms with Crippen LogP contribution in [-0.2, 0) is 16.1 Å². The van der Waals surface area contributed by atoms with Crippen LogP contribution in [-0.4, -0.2) is 53.1 Å². The van der Waals surface area contributed by atoms with Crippen LogP contribution in [0.4, 0.5) is 4.79 Å². The van der Waals surface area contributed by atoms with E-state index in [1.807, 2.05) is 43.1 Å². The van der Waals surface area contributed by atoms with Crippen LogP contribution in [0.3, 0.4) is 0 Å². The molecule has 3 heterocycles. The third kappa shape index (κ3) is 3.61. The molecule has 0 unspecified atom stereocenters. The Bertz CT molecular complexity index is 751. The maximum Gasteiger partial charge on any atom is 0.409 e. The number of rotatable bonds is 5. The van der Waals surface area contributed by atoms with E-state index >= 15 is 0 Å². The van der Waals surface area contributed by atoms with Crippen molar-refractivity contribution in [2.24, 2.45) is 5.92 Å². The normalized spacial score (nSPS) is 16.5. The van der Waals surface area contributed by atoms with Crippen molar-refractivity contribution in [3.63, 3.8) is 0 Å². The van der Waals surface area contributed by atoms with Gasteiger partial charge in [0.05, 0.1) is 19.6 Å². The lowest BCUT2D eigenvalue weighted by Crippen LogP contribution is -2.48. The minimum atomic E-state index is -0.479. The molecule has 7 nitrogen and oxygen atoms in total. The monoisotopic (exact) mass is 359 g/mol. The second-order valence-electron chi connectivity index (χ2n) is 6.92. The van der Waals surface area contributed by atoms with Crippen molar-refractivity contribution in [2.75, 3.05) is 26.7 Å². The highest BCUT2D eigenvalue weighted by Gasteiger charge is 2.34. The number of furan rings is 1. The van der Waals surface area contributed by atoms with Gasteiger partial charge in [-0.15, -0.1) is 0 Å². The quantitative estimate of drug-likeness (QED) is 0.823. The molecule has 0 radical (unpaired) electrons. The van der Waals surface area contributed by atoms with Crippen LogP contribution in [0.1, 0.15) is 31.1 Å². The SMILES string of the molecule is COC(=O)N(CC(=O)N1CCn2cccc2[C@@H]1c1ccoc1)CC(C)C. The van der Waals surface area contributed by atoms with Crippen molar-refractivity contribution in [2.45, 2.75) is 26.4 Å². The summed E-state index contributed by atoms with van der Waals surface area (Å²) in [6, 6.07) is 5.66. The van der Waals surface area contributed by atoms with E-state index in [1.54, 1.807) is 12.5 Å². The maximum absolute atomic E-state index is 13.1. The molecule has 3 rings (SSSR count). The number of carbonyl (C=O) groups excluding carboxylic acids is 2. The fraction of sp³-hybridized carbons (Fsp3) is 0.474. The van der Waals surface area contributed by atoms with Crippen LogP contribution in [0.25, 0.3) is 0 Å². The molecule has 140 valence electrons. The van der Waals surface area contributed by atoms with E-state index in [1.165, 1.54) is 12.0 Å². The fourth-order valence-corrected chi connectivity index (χ4v) is 3.46. The first-order chi connectivity index (χ1) is 12.5. The minimum Gasteiger partial charge on any atom is -0.472 e.